The highest BCUT2D eigenvalue weighted by Crippen LogP contribution is 2.31. The van der Waals surface area contributed by atoms with Gasteiger partial charge in [-0.25, -0.2) is 0 Å². The zero-order valence-corrected chi connectivity index (χ0v) is 25.6. The molecule has 0 fully saturated rings. The van der Waals surface area contributed by atoms with E-state index < -0.39 is 0 Å². The van der Waals surface area contributed by atoms with E-state index in [-0.39, 0.29) is 18.2 Å². The Morgan fingerprint density at radius 2 is 1.59 bits per heavy atom. The van der Waals surface area contributed by atoms with Crippen LogP contribution in [0.2, 0.25) is 0 Å². The summed E-state index contributed by atoms with van der Waals surface area (Å²) in [7, 11) is 1.67. The van der Waals surface area contributed by atoms with Gasteiger partial charge in [0.05, 0.1) is 26.0 Å². The second-order valence-corrected chi connectivity index (χ2v) is 11.4. The molecule has 1 atom stereocenters. The number of pyridine rings is 1. The average Bonchev–Trinajstić information content (AvgIpc) is 3.82. The van der Waals surface area contributed by atoms with Crippen LogP contribution in [0.4, 0.5) is 0 Å². The van der Waals surface area contributed by atoms with Crippen LogP contribution >= 0.6 is 0 Å². The van der Waals surface area contributed by atoms with Crippen molar-refractivity contribution in [2.75, 3.05) is 13.7 Å². The first-order valence-electron chi connectivity index (χ1n) is 15.5. The average molecular weight is 610 g/mol. The zero-order chi connectivity index (χ0) is 31.3. The van der Waals surface area contributed by atoms with E-state index in [1.165, 1.54) is 10.9 Å². The molecule has 0 bridgehead atoms. The predicted octanol–water partition coefficient (Wildman–Crippen LogP) is 5.97. The molecule has 7 aromatic rings. The summed E-state index contributed by atoms with van der Waals surface area (Å²) in [6.45, 7) is 0.937. The van der Waals surface area contributed by atoms with E-state index in [2.05, 4.69) is 73.5 Å². The maximum Gasteiger partial charge on any atom is 0.226 e. The number of aryl methyl sites for hydroxylation is 2. The third-order valence-corrected chi connectivity index (χ3v) is 8.53. The fourth-order valence-electron chi connectivity index (χ4n) is 6.13. The Bertz CT molecular complexity index is 2080. The van der Waals surface area contributed by atoms with Crippen LogP contribution in [0.1, 0.15) is 40.0 Å². The second-order valence-electron chi connectivity index (χ2n) is 11.4. The number of rotatable bonds is 12. The minimum Gasteiger partial charge on any atom is -0.497 e. The number of aromatic nitrogens is 6. The fourth-order valence-corrected chi connectivity index (χ4v) is 6.13. The van der Waals surface area contributed by atoms with Gasteiger partial charge < -0.3 is 24.6 Å². The van der Waals surface area contributed by atoms with Gasteiger partial charge in [-0.15, -0.1) is 10.2 Å². The molecule has 0 saturated carbocycles. The molecule has 0 saturated heterocycles. The molecule has 4 heterocycles. The number of hydrogen-bond acceptors (Lipinski definition) is 5. The molecule has 0 radical (unpaired) electrons. The van der Waals surface area contributed by atoms with Gasteiger partial charge in [-0.05, 0) is 59.5 Å². The van der Waals surface area contributed by atoms with E-state index in [9.17, 15) is 4.79 Å². The molecular weight excluding hydrogens is 574 g/mol. The summed E-state index contributed by atoms with van der Waals surface area (Å²) in [5, 5.41) is 15.1. The number of amides is 1. The molecule has 7 rings (SSSR count). The summed E-state index contributed by atoms with van der Waals surface area (Å²) in [5.41, 5.74) is 6.28. The first kappa shape index (κ1) is 29.0. The molecular formula is C37H35N7O2. The van der Waals surface area contributed by atoms with E-state index >= 15 is 0 Å². The summed E-state index contributed by atoms with van der Waals surface area (Å²) in [4.78, 5) is 24.3. The van der Waals surface area contributed by atoms with Crippen LogP contribution in [-0.2, 0) is 30.6 Å². The number of H-pyrrole nitrogens is 2. The standard InChI is InChI=1S/C37H35N7O2/c1-46-28-16-13-25(14-17-28)24-44-35(18-15-26-21-39-33-11-4-2-9-29(26)33)42-43-37(44)32(31-22-40-34-12-5-3-10-30(31)34)23-41-36(45)20-27-8-6-7-19-38-27/h2-14,16-17,19,21-22,32,39-40H,15,18,20,23-24H2,1H3,(H,41,45)/t32-/m0/s1. The summed E-state index contributed by atoms with van der Waals surface area (Å²) >= 11 is 0. The lowest BCUT2D eigenvalue weighted by Gasteiger charge is -2.20. The monoisotopic (exact) mass is 609 g/mol. The van der Waals surface area contributed by atoms with Crippen LogP contribution in [0, 0.1) is 0 Å². The van der Waals surface area contributed by atoms with Crippen molar-refractivity contribution in [3.8, 4) is 5.75 Å². The number of carbonyl (C=O) groups excluding carboxylic acids is 1. The van der Waals surface area contributed by atoms with Gasteiger partial charge in [-0.3, -0.25) is 9.78 Å². The van der Waals surface area contributed by atoms with Gasteiger partial charge in [0.15, 0.2) is 0 Å². The van der Waals surface area contributed by atoms with Gasteiger partial charge in [0.1, 0.15) is 17.4 Å². The largest absolute Gasteiger partial charge is 0.497 e. The summed E-state index contributed by atoms with van der Waals surface area (Å²) < 4.78 is 7.63. The molecule has 0 aliphatic heterocycles. The molecule has 0 unspecified atom stereocenters. The Balaban J connectivity index is 1.25. The van der Waals surface area contributed by atoms with E-state index in [1.54, 1.807) is 13.3 Å². The first-order valence-corrected chi connectivity index (χ1v) is 15.5. The van der Waals surface area contributed by atoms with Gasteiger partial charge in [-0.2, -0.15) is 0 Å². The smallest absolute Gasteiger partial charge is 0.226 e. The quantitative estimate of drug-likeness (QED) is 0.158. The lowest BCUT2D eigenvalue weighted by molar-refractivity contribution is -0.120. The van der Waals surface area contributed by atoms with E-state index in [1.807, 2.05) is 54.7 Å². The van der Waals surface area contributed by atoms with Gasteiger partial charge >= 0.3 is 0 Å². The molecule has 1 amide bonds. The summed E-state index contributed by atoms with van der Waals surface area (Å²) in [6.07, 6.45) is 7.54. The predicted molar refractivity (Wildman–Crippen MR) is 179 cm³/mol. The molecule has 0 aliphatic rings. The van der Waals surface area contributed by atoms with E-state index in [0.717, 1.165) is 57.1 Å². The first-order chi connectivity index (χ1) is 22.7. The molecule has 0 aliphatic carbocycles. The van der Waals surface area contributed by atoms with Crippen molar-refractivity contribution in [2.24, 2.45) is 0 Å². The highest BCUT2D eigenvalue weighted by Gasteiger charge is 2.26. The Kier molecular flexibility index (Phi) is 8.28. The Morgan fingerprint density at radius 1 is 0.848 bits per heavy atom. The molecule has 46 heavy (non-hydrogen) atoms. The third kappa shape index (κ3) is 6.12. The third-order valence-electron chi connectivity index (χ3n) is 8.53. The molecule has 0 spiro atoms. The molecule has 3 aromatic carbocycles. The molecule has 230 valence electrons. The number of methoxy groups -OCH3 is 1. The molecule has 9 nitrogen and oxygen atoms in total. The number of benzene rings is 3. The SMILES string of the molecule is COc1ccc(Cn2c(CCc3c[nH]c4ccccc34)nnc2[C@@H](CNC(=O)Cc2ccccn2)c2c[nH]c3ccccc23)cc1. The zero-order valence-electron chi connectivity index (χ0n) is 25.6. The van der Waals surface area contributed by atoms with Gasteiger partial charge in [0.25, 0.3) is 0 Å². The Labute approximate surface area is 266 Å². The van der Waals surface area contributed by atoms with Gasteiger partial charge in [0.2, 0.25) is 5.91 Å². The van der Waals surface area contributed by atoms with Gasteiger partial charge in [-0.1, -0.05) is 54.6 Å². The van der Waals surface area contributed by atoms with Crippen LogP contribution in [0.3, 0.4) is 0 Å². The maximum atomic E-state index is 13.1. The van der Waals surface area contributed by atoms with E-state index in [4.69, 9.17) is 14.9 Å². The summed E-state index contributed by atoms with van der Waals surface area (Å²) in [5.74, 6) is 2.15. The minimum absolute atomic E-state index is 0.0932. The van der Waals surface area contributed by atoms with Crippen molar-refractivity contribution < 1.29 is 9.53 Å². The highest BCUT2D eigenvalue weighted by atomic mass is 16.5. The van der Waals surface area contributed by atoms with Gasteiger partial charge in [0, 0.05) is 59.1 Å². The Hall–Kier alpha value is -5.70. The number of nitrogens with zero attached hydrogens (tertiary/aromatic N) is 4. The number of hydrogen-bond donors (Lipinski definition) is 3. The van der Waals surface area contributed by atoms with Crippen molar-refractivity contribution in [3.05, 3.63) is 144 Å². The van der Waals surface area contributed by atoms with Crippen LogP contribution in [-0.4, -0.2) is 49.3 Å². The van der Waals surface area contributed by atoms with Crippen LogP contribution < -0.4 is 10.1 Å². The second kappa shape index (κ2) is 13.1. The van der Waals surface area contributed by atoms with E-state index in [0.29, 0.717) is 19.5 Å². The van der Waals surface area contributed by atoms with Crippen molar-refractivity contribution in [2.45, 2.75) is 31.7 Å². The minimum atomic E-state index is -0.253. The maximum absolute atomic E-state index is 13.1. The van der Waals surface area contributed by atoms with Crippen LogP contribution in [0.5, 0.6) is 5.75 Å². The molecule has 9 heteroatoms. The van der Waals surface area contributed by atoms with Crippen molar-refractivity contribution >= 4 is 27.7 Å². The topological polar surface area (TPSA) is 114 Å². The van der Waals surface area contributed by atoms with Crippen molar-refractivity contribution in [1.82, 2.24) is 35.0 Å². The molecule has 3 N–H and O–H groups in total. The lowest BCUT2D eigenvalue weighted by atomic mass is 9.97. The van der Waals surface area contributed by atoms with Crippen molar-refractivity contribution in [3.63, 3.8) is 0 Å². The number of ether oxygens (including phenoxy) is 1. The fraction of sp³-hybridized carbons (Fsp3) is 0.189. The highest BCUT2D eigenvalue weighted by molar-refractivity contribution is 5.85. The van der Waals surface area contributed by atoms with Crippen LogP contribution in [0.25, 0.3) is 21.8 Å². The number of para-hydroxylation sites is 2. The number of fused-ring (bicyclic) bond motifs is 2. The number of aromatic amines is 2. The lowest BCUT2D eigenvalue weighted by Crippen LogP contribution is -2.31. The number of nitrogens with one attached hydrogen (secondary N) is 3. The molecule has 4 aromatic heterocycles. The Morgan fingerprint density at radius 3 is 2.37 bits per heavy atom. The summed E-state index contributed by atoms with van der Waals surface area (Å²) in [6, 6.07) is 30.3. The number of carbonyl (C=O) groups is 1. The normalized spacial score (nSPS) is 12.0. The van der Waals surface area contributed by atoms with Crippen LogP contribution in [0.15, 0.2) is 110 Å². The van der Waals surface area contributed by atoms with Crippen molar-refractivity contribution in [1.29, 1.82) is 0 Å².